The van der Waals surface area contributed by atoms with Crippen molar-refractivity contribution in [2.45, 2.75) is 43.4 Å². The van der Waals surface area contributed by atoms with E-state index >= 15 is 0 Å². The van der Waals surface area contributed by atoms with Crippen molar-refractivity contribution in [3.63, 3.8) is 0 Å². The van der Waals surface area contributed by atoms with Crippen molar-refractivity contribution in [2.75, 3.05) is 26.4 Å². The number of carbonyl (C=O) groups is 1. The van der Waals surface area contributed by atoms with Crippen LogP contribution < -0.4 is 9.47 Å². The van der Waals surface area contributed by atoms with Gasteiger partial charge in [-0.3, -0.25) is 4.79 Å². The summed E-state index contributed by atoms with van der Waals surface area (Å²) < 4.78 is 31.7. The van der Waals surface area contributed by atoms with Crippen molar-refractivity contribution in [3.8, 4) is 11.5 Å². The first-order valence-corrected chi connectivity index (χ1v) is 10.1. The number of ether oxygens (including phenoxy) is 3. The Kier molecular flexibility index (Phi) is 3.46. The number of halogens is 1. The van der Waals surface area contributed by atoms with Crippen LogP contribution in [0.2, 0.25) is 0 Å². The Labute approximate surface area is 162 Å². The number of alkyl halides is 1. The average Bonchev–Trinajstić information content (AvgIpc) is 3.46. The maximum Gasteiger partial charge on any atom is 0.245 e. The molecule has 1 spiro atoms. The Morgan fingerprint density at radius 1 is 1.21 bits per heavy atom. The Hall–Kier alpha value is -2.34. The molecule has 0 bridgehead atoms. The first kappa shape index (κ1) is 16.6. The summed E-state index contributed by atoms with van der Waals surface area (Å²) in [6, 6.07) is 3.98. The van der Waals surface area contributed by atoms with Crippen molar-refractivity contribution in [1.82, 2.24) is 4.90 Å². The van der Waals surface area contributed by atoms with Crippen LogP contribution in [0.5, 0.6) is 11.5 Å². The Bertz CT molecular complexity index is 933. The molecule has 0 radical (unpaired) electrons. The van der Waals surface area contributed by atoms with E-state index < -0.39 is 11.6 Å². The second kappa shape index (κ2) is 5.83. The largest absolute Gasteiger partial charge is 0.493 e. The zero-order chi connectivity index (χ0) is 18.9. The number of nitrogens with zero attached hydrogens (tertiary/aromatic N) is 1. The molecule has 146 valence electrons. The topological polar surface area (TPSA) is 48.0 Å². The predicted octanol–water partition coefficient (Wildman–Crippen LogP) is 2.83. The average molecular weight is 383 g/mol. The quantitative estimate of drug-likeness (QED) is 0.788. The molecule has 0 N–H and O–H groups in total. The number of hydrogen-bond donors (Lipinski definition) is 0. The molecule has 3 unspecified atom stereocenters. The summed E-state index contributed by atoms with van der Waals surface area (Å²) in [6.07, 6.45) is 5.34. The number of carbonyl (C=O) groups excluding carboxylic acids is 1. The smallest absolute Gasteiger partial charge is 0.245 e. The fourth-order valence-corrected chi connectivity index (χ4v) is 5.28. The van der Waals surface area contributed by atoms with Crippen molar-refractivity contribution >= 4 is 5.91 Å². The zero-order valence-electron chi connectivity index (χ0n) is 15.6. The van der Waals surface area contributed by atoms with Crippen molar-refractivity contribution in [1.29, 1.82) is 0 Å². The van der Waals surface area contributed by atoms with Crippen LogP contribution in [0.3, 0.4) is 0 Å². The van der Waals surface area contributed by atoms with Crippen molar-refractivity contribution in [2.24, 2.45) is 0 Å². The third kappa shape index (κ3) is 2.12. The van der Waals surface area contributed by atoms with E-state index in [2.05, 4.69) is 6.07 Å². The van der Waals surface area contributed by atoms with Crippen LogP contribution in [-0.2, 0) is 21.4 Å². The molecule has 5 nitrogen and oxygen atoms in total. The van der Waals surface area contributed by atoms with Gasteiger partial charge in [0.05, 0.1) is 19.3 Å². The van der Waals surface area contributed by atoms with Crippen LogP contribution in [0.4, 0.5) is 4.39 Å². The maximum absolute atomic E-state index is 14.2. The first-order chi connectivity index (χ1) is 13.7. The van der Waals surface area contributed by atoms with Crippen LogP contribution in [-0.4, -0.2) is 49.4 Å². The minimum Gasteiger partial charge on any atom is -0.493 e. The number of rotatable bonds is 2. The van der Waals surface area contributed by atoms with Crippen LogP contribution in [0, 0.1) is 0 Å². The summed E-state index contributed by atoms with van der Waals surface area (Å²) in [7, 11) is 0. The van der Waals surface area contributed by atoms with Gasteiger partial charge in [0.15, 0.2) is 0 Å². The molecule has 5 aliphatic rings. The summed E-state index contributed by atoms with van der Waals surface area (Å²) in [6.45, 7) is 2.13. The summed E-state index contributed by atoms with van der Waals surface area (Å²) in [5.74, 6) is 1.54. The monoisotopic (exact) mass is 383 g/mol. The van der Waals surface area contributed by atoms with E-state index in [0.717, 1.165) is 54.0 Å². The molecule has 1 aliphatic carbocycles. The van der Waals surface area contributed by atoms with Gasteiger partial charge in [0.2, 0.25) is 5.91 Å². The summed E-state index contributed by atoms with van der Waals surface area (Å²) >= 11 is 0. The molecule has 4 heterocycles. The molecule has 4 aliphatic heterocycles. The van der Waals surface area contributed by atoms with E-state index in [1.807, 2.05) is 6.07 Å². The summed E-state index contributed by atoms with van der Waals surface area (Å²) in [5.41, 5.74) is 2.81. The lowest BCUT2D eigenvalue weighted by atomic mass is 9.74. The van der Waals surface area contributed by atoms with Gasteiger partial charge in [-0.05, 0) is 36.1 Å². The molecule has 1 aromatic carbocycles. The third-order valence-electron chi connectivity index (χ3n) is 6.67. The van der Waals surface area contributed by atoms with E-state index in [1.54, 1.807) is 17.1 Å². The SMILES string of the molecule is O=C1N(CC2CCCO2)C2=C(C=CC(F)C2)C12COc1cc3c(cc12)CCO3. The molecule has 6 heteroatoms. The lowest BCUT2D eigenvalue weighted by molar-refractivity contribution is -0.133. The molecule has 1 aromatic rings. The summed E-state index contributed by atoms with van der Waals surface area (Å²) in [5, 5.41) is 0. The number of amides is 1. The zero-order valence-corrected chi connectivity index (χ0v) is 15.6. The van der Waals surface area contributed by atoms with Gasteiger partial charge >= 0.3 is 0 Å². The number of fused-ring (bicyclic) bond motifs is 4. The molecular formula is C22H22FNO4. The number of allylic oxidation sites excluding steroid dienone is 3. The first-order valence-electron chi connectivity index (χ1n) is 10.1. The van der Waals surface area contributed by atoms with Crippen molar-refractivity contribution < 1.29 is 23.4 Å². The molecule has 0 saturated carbocycles. The molecule has 1 saturated heterocycles. The van der Waals surface area contributed by atoms with Crippen LogP contribution in [0.1, 0.15) is 30.4 Å². The van der Waals surface area contributed by atoms with Gasteiger partial charge < -0.3 is 19.1 Å². The van der Waals surface area contributed by atoms with Gasteiger partial charge in [0, 0.05) is 36.8 Å². The van der Waals surface area contributed by atoms with Crippen LogP contribution in [0.25, 0.3) is 0 Å². The minimum absolute atomic E-state index is 0.00985. The standard InChI is InChI=1S/C22H22FNO4/c23-14-3-4-16-18(9-14)24(11-15-2-1-6-26-15)21(25)22(16)12-28-20-10-19-13(5-7-27-19)8-17(20)22/h3-4,8,10,14-15H,1-2,5-7,9,11-12H2. The number of benzene rings is 1. The Morgan fingerprint density at radius 3 is 3.00 bits per heavy atom. The van der Waals surface area contributed by atoms with Gasteiger partial charge in [-0.25, -0.2) is 4.39 Å². The van der Waals surface area contributed by atoms with E-state index in [1.165, 1.54) is 0 Å². The highest BCUT2D eigenvalue weighted by Crippen LogP contribution is 2.54. The Morgan fingerprint density at radius 2 is 2.14 bits per heavy atom. The van der Waals surface area contributed by atoms with E-state index in [9.17, 15) is 9.18 Å². The van der Waals surface area contributed by atoms with Crippen LogP contribution in [0.15, 0.2) is 35.6 Å². The highest BCUT2D eigenvalue weighted by Gasteiger charge is 2.58. The van der Waals surface area contributed by atoms with Gasteiger partial charge in [0.1, 0.15) is 29.7 Å². The summed E-state index contributed by atoms with van der Waals surface area (Å²) in [4.78, 5) is 15.6. The minimum atomic E-state index is -1.07. The van der Waals surface area contributed by atoms with Crippen LogP contribution >= 0.6 is 0 Å². The normalized spacial score (nSPS) is 32.6. The molecule has 1 amide bonds. The van der Waals surface area contributed by atoms with E-state index in [-0.39, 0.29) is 25.0 Å². The number of hydrogen-bond acceptors (Lipinski definition) is 4. The fourth-order valence-electron chi connectivity index (χ4n) is 5.28. The third-order valence-corrected chi connectivity index (χ3v) is 6.67. The predicted molar refractivity (Wildman–Crippen MR) is 99.2 cm³/mol. The molecule has 3 atom stereocenters. The molecule has 6 rings (SSSR count). The lowest BCUT2D eigenvalue weighted by Gasteiger charge is -2.27. The maximum atomic E-state index is 14.2. The molecular weight excluding hydrogens is 361 g/mol. The molecule has 0 aromatic heterocycles. The molecule has 28 heavy (non-hydrogen) atoms. The van der Waals surface area contributed by atoms with E-state index in [4.69, 9.17) is 14.2 Å². The van der Waals surface area contributed by atoms with Gasteiger partial charge in [-0.15, -0.1) is 0 Å². The molecule has 1 fully saturated rings. The second-order valence-corrected chi connectivity index (χ2v) is 8.24. The van der Waals surface area contributed by atoms with Gasteiger partial charge in [-0.2, -0.15) is 0 Å². The second-order valence-electron chi connectivity index (χ2n) is 8.24. The lowest BCUT2D eigenvalue weighted by Crippen LogP contribution is -2.44. The highest BCUT2D eigenvalue weighted by molar-refractivity contribution is 5.99. The van der Waals surface area contributed by atoms with Gasteiger partial charge in [-0.1, -0.05) is 6.08 Å². The Balaban J connectivity index is 1.47. The van der Waals surface area contributed by atoms with E-state index in [0.29, 0.717) is 18.9 Å². The van der Waals surface area contributed by atoms with Crippen molar-refractivity contribution in [3.05, 3.63) is 46.7 Å². The van der Waals surface area contributed by atoms with Gasteiger partial charge in [0.25, 0.3) is 0 Å². The fraction of sp³-hybridized carbons (Fsp3) is 0.500. The highest BCUT2D eigenvalue weighted by atomic mass is 19.1.